The minimum absolute atomic E-state index is 1.10. The van der Waals surface area contributed by atoms with Crippen molar-refractivity contribution >= 4 is 38.9 Å². The SMILES string of the molecule is Cc1ccc(-c2cccc(-c3ccc(N(c4ccc(-c5ccccc5)cc4)c4ccc(-c5cccc(-n6c7ccccc7c7ccccc76)c5)cc4)cc3)c2)cc1. The molecule has 0 unspecified atom stereocenters. The van der Waals surface area contributed by atoms with E-state index in [1.807, 2.05) is 0 Å². The van der Waals surface area contributed by atoms with Gasteiger partial charge >= 0.3 is 0 Å². The second kappa shape index (κ2) is 14.7. The van der Waals surface area contributed by atoms with Crippen LogP contribution in [0, 0.1) is 6.92 Å². The molecule has 57 heavy (non-hydrogen) atoms. The van der Waals surface area contributed by atoms with Crippen molar-refractivity contribution in [2.24, 2.45) is 0 Å². The lowest BCUT2D eigenvalue weighted by Crippen LogP contribution is -2.09. The Morgan fingerprint density at radius 3 is 1.18 bits per heavy atom. The van der Waals surface area contributed by atoms with Crippen LogP contribution >= 0.6 is 0 Å². The zero-order valence-electron chi connectivity index (χ0n) is 31.8. The molecule has 0 aliphatic rings. The molecule has 0 saturated heterocycles. The Balaban J connectivity index is 1.00. The number of anilines is 3. The number of rotatable bonds is 8. The summed E-state index contributed by atoms with van der Waals surface area (Å²) in [6.07, 6.45) is 0. The van der Waals surface area contributed by atoms with Crippen molar-refractivity contribution in [2.45, 2.75) is 6.92 Å². The molecule has 0 amide bonds. The molecule has 2 heteroatoms. The predicted molar refractivity (Wildman–Crippen MR) is 242 cm³/mol. The van der Waals surface area contributed by atoms with Gasteiger partial charge in [0.1, 0.15) is 0 Å². The first-order valence-corrected chi connectivity index (χ1v) is 19.6. The summed E-state index contributed by atoms with van der Waals surface area (Å²) < 4.78 is 2.38. The van der Waals surface area contributed by atoms with Crippen molar-refractivity contribution in [1.29, 1.82) is 0 Å². The number of hydrogen-bond acceptors (Lipinski definition) is 1. The van der Waals surface area contributed by atoms with Crippen LogP contribution in [-0.4, -0.2) is 4.57 Å². The number of aromatic nitrogens is 1. The summed E-state index contributed by atoms with van der Waals surface area (Å²) in [5.74, 6) is 0. The molecule has 1 heterocycles. The van der Waals surface area contributed by atoms with Crippen LogP contribution in [0.15, 0.2) is 224 Å². The minimum atomic E-state index is 1.10. The van der Waals surface area contributed by atoms with E-state index in [0.29, 0.717) is 0 Å². The molecular formula is C55H40N2. The van der Waals surface area contributed by atoms with E-state index >= 15 is 0 Å². The van der Waals surface area contributed by atoms with E-state index in [2.05, 4.69) is 241 Å². The third-order valence-electron chi connectivity index (χ3n) is 11.1. The highest BCUT2D eigenvalue weighted by molar-refractivity contribution is 6.09. The summed E-state index contributed by atoms with van der Waals surface area (Å²) in [6.45, 7) is 2.13. The molecule has 0 saturated carbocycles. The summed E-state index contributed by atoms with van der Waals surface area (Å²) >= 11 is 0. The lowest BCUT2D eigenvalue weighted by molar-refractivity contribution is 1.18. The topological polar surface area (TPSA) is 8.17 Å². The van der Waals surface area contributed by atoms with Crippen LogP contribution in [0.5, 0.6) is 0 Å². The van der Waals surface area contributed by atoms with E-state index in [4.69, 9.17) is 0 Å². The van der Waals surface area contributed by atoms with Crippen LogP contribution in [0.3, 0.4) is 0 Å². The molecule has 270 valence electrons. The van der Waals surface area contributed by atoms with Crippen molar-refractivity contribution in [3.63, 3.8) is 0 Å². The van der Waals surface area contributed by atoms with E-state index in [1.165, 1.54) is 71.9 Å². The second-order valence-corrected chi connectivity index (χ2v) is 14.7. The van der Waals surface area contributed by atoms with E-state index < -0.39 is 0 Å². The highest BCUT2D eigenvalue weighted by Gasteiger charge is 2.16. The van der Waals surface area contributed by atoms with Crippen LogP contribution in [0.25, 0.3) is 72.0 Å². The Morgan fingerprint density at radius 1 is 0.298 bits per heavy atom. The molecule has 0 bridgehead atoms. The third kappa shape index (κ3) is 6.58. The Kier molecular flexibility index (Phi) is 8.78. The molecule has 0 spiro atoms. The fraction of sp³-hybridized carbons (Fsp3) is 0.0182. The van der Waals surface area contributed by atoms with Gasteiger partial charge in [-0.3, -0.25) is 0 Å². The number of nitrogens with zero attached hydrogens (tertiary/aromatic N) is 2. The Morgan fingerprint density at radius 2 is 0.667 bits per heavy atom. The zero-order chi connectivity index (χ0) is 38.1. The van der Waals surface area contributed by atoms with Gasteiger partial charge in [0.05, 0.1) is 11.0 Å². The number of benzene rings is 9. The number of fused-ring (bicyclic) bond motifs is 3. The first kappa shape index (κ1) is 34.1. The molecular weight excluding hydrogens is 689 g/mol. The molecule has 10 rings (SSSR count). The molecule has 0 atom stereocenters. The molecule has 10 aromatic rings. The second-order valence-electron chi connectivity index (χ2n) is 14.7. The maximum Gasteiger partial charge on any atom is 0.0541 e. The fourth-order valence-electron chi connectivity index (χ4n) is 8.14. The van der Waals surface area contributed by atoms with Crippen molar-refractivity contribution in [2.75, 3.05) is 4.90 Å². The first-order chi connectivity index (χ1) is 28.2. The average molecular weight is 729 g/mol. The van der Waals surface area contributed by atoms with Gasteiger partial charge in [-0.1, -0.05) is 163 Å². The smallest absolute Gasteiger partial charge is 0.0541 e. The molecule has 9 aromatic carbocycles. The third-order valence-corrected chi connectivity index (χ3v) is 11.1. The van der Waals surface area contributed by atoms with Crippen LogP contribution in [0.2, 0.25) is 0 Å². The number of hydrogen-bond donors (Lipinski definition) is 0. The van der Waals surface area contributed by atoms with Gasteiger partial charge in [-0.2, -0.15) is 0 Å². The average Bonchev–Trinajstić information content (AvgIpc) is 3.62. The van der Waals surface area contributed by atoms with Gasteiger partial charge in [0.2, 0.25) is 0 Å². The Hall–Kier alpha value is -7.42. The van der Waals surface area contributed by atoms with Gasteiger partial charge in [0.25, 0.3) is 0 Å². The first-order valence-electron chi connectivity index (χ1n) is 19.6. The maximum atomic E-state index is 2.38. The number of para-hydroxylation sites is 2. The summed E-state index contributed by atoms with van der Waals surface area (Å²) in [4.78, 5) is 2.35. The van der Waals surface area contributed by atoms with Crippen LogP contribution < -0.4 is 4.90 Å². The lowest BCUT2D eigenvalue weighted by atomic mass is 9.98. The van der Waals surface area contributed by atoms with Gasteiger partial charge in [-0.25, -0.2) is 0 Å². The summed E-state index contributed by atoms with van der Waals surface area (Å²) in [6, 6.07) is 81.2. The summed E-state index contributed by atoms with van der Waals surface area (Å²) in [5.41, 5.74) is 17.7. The highest BCUT2D eigenvalue weighted by atomic mass is 15.1. The van der Waals surface area contributed by atoms with Gasteiger partial charge in [-0.05, 0) is 118 Å². The Bertz CT molecular complexity index is 2920. The van der Waals surface area contributed by atoms with Gasteiger partial charge in [-0.15, -0.1) is 0 Å². The number of aryl methyl sites for hydroxylation is 1. The summed E-state index contributed by atoms with van der Waals surface area (Å²) in [7, 11) is 0. The molecule has 2 nitrogen and oxygen atoms in total. The van der Waals surface area contributed by atoms with Crippen molar-refractivity contribution in [3.8, 4) is 50.2 Å². The zero-order valence-corrected chi connectivity index (χ0v) is 31.8. The van der Waals surface area contributed by atoms with E-state index in [9.17, 15) is 0 Å². The fourth-order valence-corrected chi connectivity index (χ4v) is 8.14. The summed E-state index contributed by atoms with van der Waals surface area (Å²) in [5, 5.41) is 2.53. The van der Waals surface area contributed by atoms with E-state index in [-0.39, 0.29) is 0 Å². The maximum absolute atomic E-state index is 2.38. The largest absolute Gasteiger partial charge is 0.311 e. The van der Waals surface area contributed by atoms with Crippen LogP contribution in [0.1, 0.15) is 5.56 Å². The van der Waals surface area contributed by atoms with Gasteiger partial charge in [0.15, 0.2) is 0 Å². The molecule has 1 aromatic heterocycles. The monoisotopic (exact) mass is 728 g/mol. The van der Waals surface area contributed by atoms with E-state index in [1.54, 1.807) is 0 Å². The quantitative estimate of drug-likeness (QED) is 0.151. The lowest BCUT2D eigenvalue weighted by Gasteiger charge is -2.26. The van der Waals surface area contributed by atoms with Crippen LogP contribution in [0.4, 0.5) is 17.1 Å². The molecule has 0 fully saturated rings. The van der Waals surface area contributed by atoms with Gasteiger partial charge < -0.3 is 9.47 Å². The standard InChI is InChI=1S/C55H40N2/c1-39-21-23-42(24-22-39)45-13-9-14-46(37-45)43-27-33-49(34-28-43)56(48-31-25-41(26-32-48)40-11-3-2-4-12-40)50-35-29-44(30-36-50)47-15-10-16-51(38-47)57-54-19-7-5-17-52(54)53-18-6-8-20-55(53)57/h2-38H,1H3. The molecule has 0 aliphatic carbocycles. The molecule has 0 aliphatic heterocycles. The van der Waals surface area contributed by atoms with Crippen LogP contribution in [-0.2, 0) is 0 Å². The molecule has 0 N–H and O–H groups in total. The van der Waals surface area contributed by atoms with Crippen molar-refractivity contribution in [1.82, 2.24) is 4.57 Å². The predicted octanol–water partition coefficient (Wildman–Crippen LogP) is 15.2. The van der Waals surface area contributed by atoms with E-state index in [0.717, 1.165) is 22.7 Å². The van der Waals surface area contributed by atoms with Crippen molar-refractivity contribution in [3.05, 3.63) is 230 Å². The molecule has 0 radical (unpaired) electrons. The van der Waals surface area contributed by atoms with Gasteiger partial charge in [0, 0.05) is 33.5 Å². The van der Waals surface area contributed by atoms with Crippen molar-refractivity contribution < 1.29 is 0 Å². The Labute approximate surface area is 334 Å². The minimum Gasteiger partial charge on any atom is -0.311 e. The highest BCUT2D eigenvalue weighted by Crippen LogP contribution is 2.39. The normalized spacial score (nSPS) is 11.2.